The Balaban J connectivity index is 1.07. The van der Waals surface area contributed by atoms with Crippen molar-refractivity contribution in [3.63, 3.8) is 0 Å². The van der Waals surface area contributed by atoms with Gasteiger partial charge in [0.1, 0.15) is 12.0 Å². The zero-order valence-electron chi connectivity index (χ0n) is 31.2. The molecule has 3 heterocycles. The number of allylic oxidation sites excluding steroid dienone is 4. The van der Waals surface area contributed by atoms with Crippen molar-refractivity contribution >= 4 is 60.7 Å². The van der Waals surface area contributed by atoms with E-state index in [0.29, 0.717) is 0 Å². The van der Waals surface area contributed by atoms with Crippen LogP contribution in [0, 0.1) is 5.92 Å². The first-order chi connectivity index (χ1) is 27.6. The van der Waals surface area contributed by atoms with Crippen LogP contribution in [-0.2, 0) is 0 Å². The number of fused-ring (bicyclic) bond motifs is 6. The summed E-state index contributed by atoms with van der Waals surface area (Å²) in [6.45, 7) is 2.17. The van der Waals surface area contributed by atoms with Gasteiger partial charge in [0, 0.05) is 50.6 Å². The summed E-state index contributed by atoms with van der Waals surface area (Å²) < 4.78 is 4.75. The number of hydrogen-bond donors (Lipinski definition) is 3. The third kappa shape index (κ3) is 5.83. The quantitative estimate of drug-likeness (QED) is 0.143. The molecule has 1 aliphatic heterocycles. The number of rotatable bonds is 7. The van der Waals surface area contributed by atoms with Crippen molar-refractivity contribution in [2.75, 3.05) is 0 Å². The van der Waals surface area contributed by atoms with Gasteiger partial charge in [-0.3, -0.25) is 5.32 Å². The van der Waals surface area contributed by atoms with Gasteiger partial charge in [-0.2, -0.15) is 0 Å². The maximum absolute atomic E-state index is 6.54. The summed E-state index contributed by atoms with van der Waals surface area (Å²) in [5, 5.41) is 12.5. The number of benzene rings is 6. The molecule has 0 amide bonds. The molecule has 0 bridgehead atoms. The maximum Gasteiger partial charge on any atom is 0.133 e. The molecule has 2 aromatic heterocycles. The number of aliphatic imine (C=N–C) groups is 1. The molecule has 0 saturated carbocycles. The van der Waals surface area contributed by atoms with Gasteiger partial charge in [-0.15, -0.1) is 0 Å². The van der Waals surface area contributed by atoms with Gasteiger partial charge in [0.2, 0.25) is 0 Å². The summed E-state index contributed by atoms with van der Waals surface area (Å²) in [5.41, 5.74) is 17.8. The van der Waals surface area contributed by atoms with Crippen LogP contribution in [0.1, 0.15) is 30.6 Å². The van der Waals surface area contributed by atoms with Crippen molar-refractivity contribution in [1.29, 1.82) is 0 Å². The zero-order chi connectivity index (χ0) is 37.6. The lowest BCUT2D eigenvalue weighted by Gasteiger charge is -2.36. The first-order valence-electron chi connectivity index (χ1n) is 19.4. The van der Waals surface area contributed by atoms with E-state index < -0.39 is 0 Å². The average Bonchev–Trinajstić information content (AvgIpc) is 3.77. The summed E-state index contributed by atoms with van der Waals surface area (Å²) in [5.74, 6) is 0.974. The van der Waals surface area contributed by atoms with Gasteiger partial charge in [0.05, 0.1) is 28.2 Å². The number of aromatic nitrogens is 2. The molecular weight excluding hydrogens is 685 g/mol. The van der Waals surface area contributed by atoms with E-state index in [1.54, 1.807) is 6.20 Å². The van der Waals surface area contributed by atoms with Gasteiger partial charge in [0.25, 0.3) is 0 Å². The maximum atomic E-state index is 6.54. The fourth-order valence-corrected chi connectivity index (χ4v) is 8.64. The summed E-state index contributed by atoms with van der Waals surface area (Å²) in [6, 6.07) is 53.8. The lowest BCUT2D eigenvalue weighted by molar-refractivity contribution is 0.328. The van der Waals surface area contributed by atoms with E-state index in [2.05, 4.69) is 197 Å². The minimum atomic E-state index is -0.240. The Morgan fingerprint density at radius 3 is 2.05 bits per heavy atom. The fraction of sp³-hybridized carbons (Fsp3) is 0.100. The monoisotopic (exact) mass is 726 g/mol. The van der Waals surface area contributed by atoms with Crippen LogP contribution in [0.5, 0.6) is 0 Å². The molecule has 6 nitrogen and oxygen atoms in total. The molecule has 8 aromatic rings. The molecule has 0 saturated heterocycles. The predicted octanol–water partition coefficient (Wildman–Crippen LogP) is 10.9. The second kappa shape index (κ2) is 14.1. The van der Waals surface area contributed by atoms with Crippen molar-refractivity contribution in [1.82, 2.24) is 19.8 Å². The molecule has 6 heteroatoms. The molecule has 10 rings (SSSR count). The van der Waals surface area contributed by atoms with E-state index in [-0.39, 0.29) is 18.2 Å². The zero-order valence-corrected chi connectivity index (χ0v) is 31.2. The van der Waals surface area contributed by atoms with Crippen molar-refractivity contribution in [2.45, 2.75) is 25.7 Å². The van der Waals surface area contributed by atoms with Crippen LogP contribution >= 0.6 is 0 Å². The van der Waals surface area contributed by atoms with Crippen LogP contribution in [0.2, 0.25) is 0 Å². The van der Waals surface area contributed by atoms with Crippen molar-refractivity contribution < 1.29 is 0 Å². The average molecular weight is 727 g/mol. The summed E-state index contributed by atoms with van der Waals surface area (Å²) in [6.07, 6.45) is 11.3. The van der Waals surface area contributed by atoms with Crippen LogP contribution < -0.4 is 16.4 Å². The van der Waals surface area contributed by atoms with Gasteiger partial charge in [-0.05, 0) is 72.5 Å². The highest BCUT2D eigenvalue weighted by molar-refractivity contribution is 6.19. The summed E-state index contributed by atoms with van der Waals surface area (Å²) >= 11 is 0. The standard InChI is InChI=1S/C50H42N6/c1-33(29-38(32-51)50-53-48(36-17-7-3-8-18-36)52-49(54-50)37-27-25-35(26-28-37)34-15-5-2-6-16-34)55-44-23-13-11-21-40(44)42-30-43-41-22-12-14-24-45(41)56(47(43)31-46(42)55)39-19-9-4-10-20-39/h2-27,29-32,37,48-49,52H,28,51H2,1H3,(H,53,54)/b33-29+,38-32+. The largest absolute Gasteiger partial charge is 0.404 e. The lowest BCUT2D eigenvalue weighted by Crippen LogP contribution is -2.54. The van der Waals surface area contributed by atoms with Crippen LogP contribution in [-0.4, -0.2) is 21.1 Å². The van der Waals surface area contributed by atoms with Crippen LogP contribution in [0.4, 0.5) is 0 Å². The number of amidine groups is 1. The first kappa shape index (κ1) is 33.7. The molecule has 6 aromatic carbocycles. The van der Waals surface area contributed by atoms with Crippen molar-refractivity contribution in [2.24, 2.45) is 16.6 Å². The van der Waals surface area contributed by atoms with E-state index in [0.717, 1.165) is 45.8 Å². The van der Waals surface area contributed by atoms with Crippen LogP contribution in [0.3, 0.4) is 0 Å². The number of nitrogens with two attached hydrogens (primary N) is 1. The molecule has 2 aliphatic rings. The predicted molar refractivity (Wildman–Crippen MR) is 234 cm³/mol. The number of hydrogen-bond acceptors (Lipinski definition) is 4. The Hall–Kier alpha value is -6.89. The minimum absolute atomic E-state index is 0.0670. The molecule has 1 aliphatic carbocycles. The van der Waals surface area contributed by atoms with E-state index in [1.165, 1.54) is 43.7 Å². The minimum Gasteiger partial charge on any atom is -0.404 e. The number of nitrogens with zero attached hydrogens (tertiary/aromatic N) is 3. The number of para-hydroxylation sites is 3. The highest BCUT2D eigenvalue weighted by atomic mass is 15.3. The smallest absolute Gasteiger partial charge is 0.133 e. The highest BCUT2D eigenvalue weighted by Gasteiger charge is 2.30. The highest BCUT2D eigenvalue weighted by Crippen LogP contribution is 2.39. The lowest BCUT2D eigenvalue weighted by atomic mass is 9.90. The molecule has 0 fully saturated rings. The van der Waals surface area contributed by atoms with Gasteiger partial charge < -0.3 is 20.2 Å². The third-order valence-electron chi connectivity index (χ3n) is 11.3. The first-order valence-corrected chi connectivity index (χ1v) is 19.4. The van der Waals surface area contributed by atoms with Gasteiger partial charge in [-0.25, -0.2) is 4.99 Å². The molecule has 0 radical (unpaired) electrons. The van der Waals surface area contributed by atoms with Crippen LogP contribution in [0.25, 0.3) is 60.6 Å². The Labute approximate surface area is 326 Å². The SMILES string of the molecule is C/C(=C\C(=C/N)C1=NC(c2ccccc2)NC(C2C=CC(c3ccccc3)=CC2)N1)n1c2ccccc2c2cc3c4ccccc4n(-c4ccccc4)c3cc21. The Kier molecular flexibility index (Phi) is 8.46. The topological polar surface area (TPSA) is 72.3 Å². The second-order valence-corrected chi connectivity index (χ2v) is 14.7. The molecule has 3 atom stereocenters. The van der Waals surface area contributed by atoms with Crippen molar-refractivity contribution in [3.8, 4) is 5.69 Å². The number of nitrogens with one attached hydrogen (secondary N) is 2. The second-order valence-electron chi connectivity index (χ2n) is 14.7. The van der Waals surface area contributed by atoms with Crippen LogP contribution in [0.15, 0.2) is 193 Å². The summed E-state index contributed by atoms with van der Waals surface area (Å²) in [4.78, 5) is 5.25. The van der Waals surface area contributed by atoms with E-state index in [9.17, 15) is 0 Å². The van der Waals surface area contributed by atoms with Gasteiger partial charge >= 0.3 is 0 Å². The summed E-state index contributed by atoms with van der Waals surface area (Å²) in [7, 11) is 0. The Morgan fingerprint density at radius 2 is 1.34 bits per heavy atom. The van der Waals surface area contributed by atoms with Crippen molar-refractivity contribution in [3.05, 3.63) is 199 Å². The molecule has 56 heavy (non-hydrogen) atoms. The fourth-order valence-electron chi connectivity index (χ4n) is 8.64. The third-order valence-corrected chi connectivity index (χ3v) is 11.3. The Bertz CT molecular complexity index is 2910. The van der Waals surface area contributed by atoms with E-state index >= 15 is 0 Å². The van der Waals surface area contributed by atoms with E-state index in [1.807, 2.05) is 6.07 Å². The van der Waals surface area contributed by atoms with Gasteiger partial charge in [0.15, 0.2) is 0 Å². The van der Waals surface area contributed by atoms with E-state index in [4.69, 9.17) is 10.7 Å². The molecule has 4 N–H and O–H groups in total. The normalized spacial score (nSPS) is 19.1. The molecule has 272 valence electrons. The molecule has 0 spiro atoms. The van der Waals surface area contributed by atoms with Gasteiger partial charge in [-0.1, -0.05) is 133 Å². The Morgan fingerprint density at radius 1 is 0.696 bits per heavy atom. The molecular formula is C50H42N6. The molecule has 3 unspecified atom stereocenters.